The summed E-state index contributed by atoms with van der Waals surface area (Å²) in [6, 6.07) is 6.33. The lowest BCUT2D eigenvalue weighted by Gasteiger charge is -2.27. The third-order valence-corrected chi connectivity index (χ3v) is 6.97. The fourth-order valence-electron chi connectivity index (χ4n) is 3.48. The molecule has 1 aliphatic heterocycles. The van der Waals surface area contributed by atoms with Crippen LogP contribution in [0.1, 0.15) is 50.0 Å². The van der Waals surface area contributed by atoms with Crippen LogP contribution in [0.3, 0.4) is 0 Å². The molecule has 11 heteroatoms. The highest BCUT2D eigenvalue weighted by molar-refractivity contribution is 7.13. The number of morpholine rings is 1. The Bertz CT molecular complexity index is 1180. The molecule has 1 aliphatic rings. The SMILES string of the molecule is CC(CC(=O)c1cc(N2CCOCC2)ncn1)c1ncc(C(=O)Nc2ccc(CF)c(Cl)c2)s1. The number of benzene rings is 1. The van der Waals surface area contributed by atoms with E-state index in [1.54, 1.807) is 12.1 Å². The molecule has 0 bridgehead atoms. The number of hydrogen-bond donors (Lipinski definition) is 1. The number of aromatic nitrogens is 3. The third-order valence-electron chi connectivity index (χ3n) is 5.39. The molecule has 1 amide bonds. The van der Waals surface area contributed by atoms with Crippen molar-refractivity contribution in [2.45, 2.75) is 25.9 Å². The van der Waals surface area contributed by atoms with Gasteiger partial charge in [0.15, 0.2) is 5.78 Å². The van der Waals surface area contributed by atoms with Gasteiger partial charge >= 0.3 is 0 Å². The fraction of sp³-hybridized carbons (Fsp3) is 0.348. The molecule has 0 spiro atoms. The number of thiazole rings is 1. The number of Topliss-reactive ketones (excluding diaryl/α,β-unsaturated/α-hetero) is 1. The minimum absolute atomic E-state index is 0.117. The number of nitrogens with one attached hydrogen (secondary N) is 1. The van der Waals surface area contributed by atoms with Gasteiger partial charge in [-0.2, -0.15) is 0 Å². The molecule has 34 heavy (non-hydrogen) atoms. The number of hydrogen-bond acceptors (Lipinski definition) is 8. The first-order valence-corrected chi connectivity index (χ1v) is 11.9. The van der Waals surface area contributed by atoms with E-state index >= 15 is 0 Å². The maximum Gasteiger partial charge on any atom is 0.267 e. The average molecular weight is 504 g/mol. The second-order valence-corrected chi connectivity index (χ2v) is 9.32. The van der Waals surface area contributed by atoms with E-state index in [1.807, 2.05) is 6.92 Å². The number of alkyl halides is 1. The maximum absolute atomic E-state index is 12.9. The second kappa shape index (κ2) is 11.0. The van der Waals surface area contributed by atoms with E-state index < -0.39 is 6.67 Å². The standard InChI is InChI=1S/C23H23ClFN5O3S/c1-14(8-19(31)18-10-21(28-13-27-18)30-4-6-33-7-5-30)23-26-12-20(34-23)22(32)29-16-3-2-15(11-25)17(24)9-16/h2-3,9-10,12-14H,4-8,11H2,1H3,(H,29,32). The smallest absolute Gasteiger partial charge is 0.267 e. The molecule has 1 aromatic carbocycles. The Labute approximate surface area is 205 Å². The Morgan fingerprint density at radius 1 is 1.24 bits per heavy atom. The molecule has 2 aromatic heterocycles. The molecule has 1 atom stereocenters. The molecule has 1 unspecified atom stereocenters. The van der Waals surface area contributed by atoms with Crippen LogP contribution in [0.25, 0.3) is 0 Å². The molecule has 8 nitrogen and oxygen atoms in total. The van der Waals surface area contributed by atoms with Gasteiger partial charge in [-0.15, -0.1) is 11.3 Å². The first-order valence-electron chi connectivity index (χ1n) is 10.7. The molecule has 1 N–H and O–H groups in total. The van der Waals surface area contributed by atoms with Crippen molar-refractivity contribution in [2.75, 3.05) is 36.5 Å². The topological polar surface area (TPSA) is 97.3 Å². The summed E-state index contributed by atoms with van der Waals surface area (Å²) in [7, 11) is 0. The largest absolute Gasteiger partial charge is 0.378 e. The quantitative estimate of drug-likeness (QED) is 0.451. The van der Waals surface area contributed by atoms with Crippen LogP contribution in [0.4, 0.5) is 15.9 Å². The highest BCUT2D eigenvalue weighted by atomic mass is 35.5. The van der Waals surface area contributed by atoms with Crippen LogP contribution in [-0.2, 0) is 11.4 Å². The summed E-state index contributed by atoms with van der Waals surface area (Å²) in [6.07, 6.45) is 3.09. The molecular formula is C23H23ClFN5O3S. The van der Waals surface area contributed by atoms with Gasteiger partial charge in [0.2, 0.25) is 0 Å². The molecule has 1 saturated heterocycles. The van der Waals surface area contributed by atoms with Crippen LogP contribution in [0, 0.1) is 0 Å². The first kappa shape index (κ1) is 24.2. The summed E-state index contributed by atoms with van der Waals surface area (Å²) >= 11 is 7.23. The third kappa shape index (κ3) is 5.75. The fourth-order valence-corrected chi connectivity index (χ4v) is 4.58. The van der Waals surface area contributed by atoms with Crippen molar-refractivity contribution in [3.8, 4) is 0 Å². The molecule has 178 valence electrons. The van der Waals surface area contributed by atoms with Gasteiger partial charge in [-0.25, -0.2) is 19.3 Å². The molecule has 0 radical (unpaired) electrons. The summed E-state index contributed by atoms with van der Waals surface area (Å²) in [6.45, 7) is 3.90. The number of carbonyl (C=O) groups excluding carboxylic acids is 2. The van der Waals surface area contributed by atoms with Gasteiger partial charge in [-0.1, -0.05) is 24.6 Å². The predicted molar refractivity (Wildman–Crippen MR) is 129 cm³/mol. The Kier molecular flexibility index (Phi) is 7.81. The monoisotopic (exact) mass is 503 g/mol. The van der Waals surface area contributed by atoms with Crippen LogP contribution in [0.5, 0.6) is 0 Å². The number of nitrogens with zero attached hydrogens (tertiary/aromatic N) is 4. The summed E-state index contributed by atoms with van der Waals surface area (Å²) in [5, 5.41) is 3.66. The van der Waals surface area contributed by atoms with Crippen molar-refractivity contribution in [1.82, 2.24) is 15.0 Å². The number of amides is 1. The van der Waals surface area contributed by atoms with Crippen LogP contribution >= 0.6 is 22.9 Å². The molecule has 3 heterocycles. The van der Waals surface area contributed by atoms with Crippen LogP contribution in [0.15, 0.2) is 36.8 Å². The Morgan fingerprint density at radius 3 is 2.76 bits per heavy atom. The summed E-state index contributed by atoms with van der Waals surface area (Å²) in [4.78, 5) is 40.7. The van der Waals surface area contributed by atoms with Gasteiger partial charge in [0.1, 0.15) is 29.4 Å². The van der Waals surface area contributed by atoms with Gasteiger partial charge in [-0.3, -0.25) is 9.59 Å². The van der Waals surface area contributed by atoms with Crippen molar-refractivity contribution in [3.63, 3.8) is 0 Å². The molecular weight excluding hydrogens is 481 g/mol. The van der Waals surface area contributed by atoms with Crippen molar-refractivity contribution in [3.05, 3.63) is 63.0 Å². The zero-order chi connectivity index (χ0) is 24.1. The average Bonchev–Trinajstić information content (AvgIpc) is 3.36. The van der Waals surface area contributed by atoms with Crippen molar-refractivity contribution >= 4 is 46.1 Å². The number of anilines is 2. The van der Waals surface area contributed by atoms with Crippen LogP contribution in [0.2, 0.25) is 5.02 Å². The zero-order valence-corrected chi connectivity index (χ0v) is 20.0. The van der Waals surface area contributed by atoms with Crippen molar-refractivity contribution in [2.24, 2.45) is 0 Å². The van der Waals surface area contributed by atoms with Crippen molar-refractivity contribution < 1.29 is 18.7 Å². The normalized spacial score (nSPS) is 14.6. The van der Waals surface area contributed by atoms with E-state index in [0.717, 1.165) is 13.1 Å². The highest BCUT2D eigenvalue weighted by Crippen LogP contribution is 2.27. The van der Waals surface area contributed by atoms with E-state index in [9.17, 15) is 14.0 Å². The Hall–Kier alpha value is -2.95. The van der Waals surface area contributed by atoms with Crippen molar-refractivity contribution in [1.29, 1.82) is 0 Å². The minimum Gasteiger partial charge on any atom is -0.378 e. The number of ether oxygens (including phenoxy) is 1. The number of rotatable bonds is 8. The zero-order valence-electron chi connectivity index (χ0n) is 18.5. The Balaban J connectivity index is 1.38. The molecule has 3 aromatic rings. The van der Waals surface area contributed by atoms with Gasteiger partial charge in [0, 0.05) is 47.8 Å². The van der Waals surface area contributed by atoms with Gasteiger partial charge in [-0.05, 0) is 12.1 Å². The summed E-state index contributed by atoms with van der Waals surface area (Å²) in [5.74, 6) is 0.0480. The lowest BCUT2D eigenvalue weighted by molar-refractivity contribution is 0.0969. The minimum atomic E-state index is -0.675. The molecule has 0 aliphatic carbocycles. The lowest BCUT2D eigenvalue weighted by Crippen LogP contribution is -2.36. The second-order valence-electron chi connectivity index (χ2n) is 7.85. The van der Waals surface area contributed by atoms with E-state index in [2.05, 4.69) is 25.2 Å². The lowest BCUT2D eigenvalue weighted by atomic mass is 10.0. The van der Waals surface area contributed by atoms with Gasteiger partial charge in [0.05, 0.1) is 24.4 Å². The number of carbonyl (C=O) groups is 2. The molecule has 0 saturated carbocycles. The van der Waals surface area contributed by atoms with E-state index in [1.165, 1.54) is 36.0 Å². The highest BCUT2D eigenvalue weighted by Gasteiger charge is 2.21. The Morgan fingerprint density at radius 2 is 2.03 bits per heavy atom. The van der Waals surface area contributed by atoms with Crippen LogP contribution in [-0.4, -0.2) is 52.9 Å². The molecule has 1 fully saturated rings. The van der Waals surface area contributed by atoms with E-state index in [-0.39, 0.29) is 29.1 Å². The number of ketones is 1. The molecule has 4 rings (SSSR count). The number of halogens is 2. The summed E-state index contributed by atoms with van der Waals surface area (Å²) in [5.41, 5.74) is 1.18. The van der Waals surface area contributed by atoms with E-state index in [4.69, 9.17) is 16.3 Å². The summed E-state index contributed by atoms with van der Waals surface area (Å²) < 4.78 is 18.2. The predicted octanol–water partition coefficient (Wildman–Crippen LogP) is 4.52. The maximum atomic E-state index is 12.9. The van der Waals surface area contributed by atoms with Crippen LogP contribution < -0.4 is 10.2 Å². The van der Waals surface area contributed by atoms with Gasteiger partial charge in [0.25, 0.3) is 5.91 Å². The van der Waals surface area contributed by atoms with Gasteiger partial charge < -0.3 is 15.0 Å². The first-order chi connectivity index (χ1) is 16.4. The van der Waals surface area contributed by atoms with E-state index in [0.29, 0.717) is 45.9 Å².